The van der Waals surface area contributed by atoms with Crippen LogP contribution in [0.15, 0.2) is 53.7 Å². The van der Waals surface area contributed by atoms with Crippen LogP contribution in [0.25, 0.3) is 0 Å². The summed E-state index contributed by atoms with van der Waals surface area (Å²) in [5, 5.41) is 6.67. The molecule has 7 heteroatoms. The minimum atomic E-state index is 0. The van der Waals surface area contributed by atoms with E-state index < -0.39 is 0 Å². The van der Waals surface area contributed by atoms with Gasteiger partial charge < -0.3 is 15.4 Å². The van der Waals surface area contributed by atoms with E-state index in [4.69, 9.17) is 4.74 Å². The number of rotatable bonds is 10. The lowest BCUT2D eigenvalue weighted by molar-refractivity contribution is 0.290. The number of halogens is 1. The number of unbranched alkanes of at least 4 members (excludes halogenated alkanes) is 1. The summed E-state index contributed by atoms with van der Waals surface area (Å²) in [5.74, 6) is 2.65. The van der Waals surface area contributed by atoms with Gasteiger partial charge >= 0.3 is 0 Å². The number of thioether (sulfide) groups is 1. The highest BCUT2D eigenvalue weighted by molar-refractivity contribution is 14.0. The van der Waals surface area contributed by atoms with E-state index in [2.05, 4.69) is 26.9 Å². The Labute approximate surface area is 183 Å². The Kier molecular flexibility index (Phi) is 12.7. The van der Waals surface area contributed by atoms with E-state index in [0.29, 0.717) is 19.0 Å². The standard InChI is InChI=1S/C20H28N4OS.HI/c1-21-20(23-12-6-7-14-26-2)24-15-18-11-8-13-22-19(18)25-16-17-9-4-3-5-10-17;/h3-5,8-11,13H,6-7,12,14-16H2,1-2H3,(H2,21,23,24);1H. The summed E-state index contributed by atoms with van der Waals surface area (Å²) in [6.45, 7) is 2.04. The number of aromatic nitrogens is 1. The highest BCUT2D eigenvalue weighted by atomic mass is 127. The predicted molar refractivity (Wildman–Crippen MR) is 126 cm³/mol. The summed E-state index contributed by atoms with van der Waals surface area (Å²) < 4.78 is 5.90. The second-order valence-electron chi connectivity index (χ2n) is 5.79. The molecule has 2 N–H and O–H groups in total. The van der Waals surface area contributed by atoms with E-state index in [1.807, 2.05) is 54.2 Å². The molecule has 0 atom stereocenters. The highest BCUT2D eigenvalue weighted by Crippen LogP contribution is 2.15. The van der Waals surface area contributed by atoms with E-state index in [0.717, 1.165) is 30.1 Å². The lowest BCUT2D eigenvalue weighted by Crippen LogP contribution is -2.37. The molecule has 0 unspecified atom stereocenters. The van der Waals surface area contributed by atoms with Gasteiger partial charge in [0.1, 0.15) is 6.61 Å². The van der Waals surface area contributed by atoms with Gasteiger partial charge in [-0.3, -0.25) is 4.99 Å². The van der Waals surface area contributed by atoms with Gasteiger partial charge in [0.15, 0.2) is 5.96 Å². The van der Waals surface area contributed by atoms with E-state index in [9.17, 15) is 0 Å². The Hall–Kier alpha value is -1.48. The molecule has 0 fully saturated rings. The minimum absolute atomic E-state index is 0. The van der Waals surface area contributed by atoms with Crippen molar-refractivity contribution in [2.24, 2.45) is 4.99 Å². The molecule has 0 amide bonds. The molecule has 148 valence electrons. The van der Waals surface area contributed by atoms with Crippen LogP contribution in [0.5, 0.6) is 5.88 Å². The zero-order valence-corrected chi connectivity index (χ0v) is 19.1. The summed E-state index contributed by atoms with van der Waals surface area (Å²) in [6.07, 6.45) is 6.24. The zero-order chi connectivity index (χ0) is 18.5. The number of nitrogens with one attached hydrogen (secondary N) is 2. The Morgan fingerprint density at radius 2 is 1.93 bits per heavy atom. The third kappa shape index (κ3) is 9.32. The molecule has 0 aliphatic heterocycles. The Bertz CT molecular complexity index is 670. The molecular weight excluding hydrogens is 471 g/mol. The fraction of sp³-hybridized carbons (Fsp3) is 0.400. The van der Waals surface area contributed by atoms with Crippen LogP contribution in [-0.2, 0) is 13.2 Å². The molecule has 0 bridgehead atoms. The molecule has 2 aromatic rings. The number of hydrogen-bond donors (Lipinski definition) is 2. The number of hydrogen-bond acceptors (Lipinski definition) is 4. The van der Waals surface area contributed by atoms with Gasteiger partial charge in [0.25, 0.3) is 0 Å². The molecule has 27 heavy (non-hydrogen) atoms. The van der Waals surface area contributed by atoms with E-state index in [1.165, 1.54) is 12.2 Å². The summed E-state index contributed by atoms with van der Waals surface area (Å²) in [7, 11) is 1.79. The van der Waals surface area contributed by atoms with Crippen molar-refractivity contribution >= 4 is 41.7 Å². The van der Waals surface area contributed by atoms with Gasteiger partial charge in [0.05, 0.1) is 0 Å². The van der Waals surface area contributed by atoms with Gasteiger partial charge in [-0.2, -0.15) is 11.8 Å². The molecular formula is C20H29IN4OS. The number of guanidine groups is 1. The molecule has 0 saturated heterocycles. The molecule has 5 nitrogen and oxygen atoms in total. The van der Waals surface area contributed by atoms with Crippen LogP contribution >= 0.6 is 35.7 Å². The van der Waals surface area contributed by atoms with Crippen molar-refractivity contribution in [1.82, 2.24) is 15.6 Å². The van der Waals surface area contributed by atoms with Crippen molar-refractivity contribution in [1.29, 1.82) is 0 Å². The van der Waals surface area contributed by atoms with Crippen LogP contribution in [0, 0.1) is 0 Å². The number of benzene rings is 1. The average molecular weight is 500 g/mol. The van der Waals surface area contributed by atoms with Gasteiger partial charge in [-0.05, 0) is 36.5 Å². The van der Waals surface area contributed by atoms with Gasteiger partial charge in [0.2, 0.25) is 5.88 Å². The maximum atomic E-state index is 5.90. The second-order valence-corrected chi connectivity index (χ2v) is 6.78. The fourth-order valence-electron chi connectivity index (χ4n) is 2.39. The Balaban J connectivity index is 0.00000364. The summed E-state index contributed by atoms with van der Waals surface area (Å²) in [5.41, 5.74) is 2.13. The number of ether oxygens (including phenoxy) is 1. The van der Waals surface area contributed by atoms with Crippen molar-refractivity contribution in [2.45, 2.75) is 26.0 Å². The molecule has 0 aliphatic carbocycles. The summed E-state index contributed by atoms with van der Waals surface area (Å²) in [4.78, 5) is 8.64. The van der Waals surface area contributed by atoms with Crippen LogP contribution in [0.2, 0.25) is 0 Å². The van der Waals surface area contributed by atoms with Crippen molar-refractivity contribution in [3.8, 4) is 5.88 Å². The Morgan fingerprint density at radius 3 is 2.67 bits per heavy atom. The first-order chi connectivity index (χ1) is 12.8. The molecule has 0 spiro atoms. The zero-order valence-electron chi connectivity index (χ0n) is 16.0. The molecule has 2 rings (SSSR count). The lowest BCUT2D eigenvalue weighted by Gasteiger charge is -2.14. The first kappa shape index (κ1) is 23.6. The second kappa shape index (κ2) is 14.6. The first-order valence-electron chi connectivity index (χ1n) is 8.87. The lowest BCUT2D eigenvalue weighted by atomic mass is 10.2. The maximum Gasteiger partial charge on any atom is 0.218 e. The van der Waals surface area contributed by atoms with E-state index >= 15 is 0 Å². The van der Waals surface area contributed by atoms with Gasteiger partial charge in [0, 0.05) is 31.9 Å². The largest absolute Gasteiger partial charge is 0.473 e. The van der Waals surface area contributed by atoms with Crippen molar-refractivity contribution in [3.63, 3.8) is 0 Å². The van der Waals surface area contributed by atoms with Crippen molar-refractivity contribution in [2.75, 3.05) is 25.6 Å². The highest BCUT2D eigenvalue weighted by Gasteiger charge is 2.06. The molecule has 1 aromatic carbocycles. The van der Waals surface area contributed by atoms with E-state index in [1.54, 1.807) is 13.2 Å². The van der Waals surface area contributed by atoms with Crippen molar-refractivity contribution < 1.29 is 4.74 Å². The van der Waals surface area contributed by atoms with E-state index in [-0.39, 0.29) is 24.0 Å². The Morgan fingerprint density at radius 1 is 1.11 bits per heavy atom. The SMILES string of the molecule is CN=C(NCCCCSC)NCc1cccnc1OCc1ccccc1.I. The quantitative estimate of drug-likeness (QED) is 0.223. The summed E-state index contributed by atoms with van der Waals surface area (Å²) in [6, 6.07) is 14.0. The molecule has 0 radical (unpaired) electrons. The van der Waals surface area contributed by atoms with Crippen LogP contribution in [-0.4, -0.2) is 36.5 Å². The average Bonchev–Trinajstić information content (AvgIpc) is 2.70. The van der Waals surface area contributed by atoms with Gasteiger partial charge in [-0.1, -0.05) is 36.4 Å². The molecule has 0 saturated carbocycles. The third-order valence-corrected chi connectivity index (χ3v) is 4.50. The van der Waals surface area contributed by atoms with Gasteiger partial charge in [-0.15, -0.1) is 24.0 Å². The maximum absolute atomic E-state index is 5.90. The fourth-order valence-corrected chi connectivity index (χ4v) is 2.89. The van der Waals surface area contributed by atoms with Gasteiger partial charge in [-0.25, -0.2) is 4.98 Å². The number of aliphatic imine (C=N–C) groups is 1. The van der Waals surface area contributed by atoms with Crippen LogP contribution in [0.3, 0.4) is 0 Å². The number of pyridine rings is 1. The van der Waals surface area contributed by atoms with Crippen LogP contribution < -0.4 is 15.4 Å². The predicted octanol–water partition coefficient (Wildman–Crippen LogP) is 4.09. The van der Waals surface area contributed by atoms with Crippen LogP contribution in [0.4, 0.5) is 0 Å². The first-order valence-corrected chi connectivity index (χ1v) is 10.3. The third-order valence-electron chi connectivity index (χ3n) is 3.81. The van der Waals surface area contributed by atoms with Crippen LogP contribution in [0.1, 0.15) is 24.0 Å². The monoisotopic (exact) mass is 500 g/mol. The normalized spacial score (nSPS) is 10.8. The topological polar surface area (TPSA) is 58.5 Å². The molecule has 0 aliphatic rings. The van der Waals surface area contributed by atoms with Crippen molar-refractivity contribution in [3.05, 3.63) is 59.8 Å². The molecule has 1 heterocycles. The number of nitrogens with zero attached hydrogens (tertiary/aromatic N) is 2. The molecule has 1 aromatic heterocycles. The smallest absolute Gasteiger partial charge is 0.218 e. The minimum Gasteiger partial charge on any atom is -0.473 e. The summed E-state index contributed by atoms with van der Waals surface area (Å²) >= 11 is 1.88.